The summed E-state index contributed by atoms with van der Waals surface area (Å²) in [4.78, 5) is 0. The molecule has 0 saturated carbocycles. The van der Waals surface area contributed by atoms with Gasteiger partial charge in [-0.2, -0.15) is 5.10 Å². The lowest BCUT2D eigenvalue weighted by Crippen LogP contribution is -1.95. The zero-order valence-electron chi connectivity index (χ0n) is 16.2. The predicted octanol–water partition coefficient (Wildman–Crippen LogP) is 6.10. The molecule has 0 amide bonds. The van der Waals surface area contributed by atoms with Gasteiger partial charge in [-0.3, -0.25) is 5.10 Å². The predicted molar refractivity (Wildman–Crippen MR) is 110 cm³/mol. The summed E-state index contributed by atoms with van der Waals surface area (Å²) in [5.74, 6) is 1.81. The van der Waals surface area contributed by atoms with E-state index in [1.807, 2.05) is 36.4 Å². The molecule has 0 fully saturated rings. The number of ether oxygens (including phenoxy) is 2. The molecule has 0 unspecified atom stereocenters. The molecule has 4 nitrogen and oxygen atoms in total. The second-order valence-electron chi connectivity index (χ2n) is 6.62. The molecule has 0 spiro atoms. The third-order valence-corrected chi connectivity index (χ3v) is 4.43. The van der Waals surface area contributed by atoms with E-state index in [1.54, 1.807) is 0 Å². The van der Waals surface area contributed by atoms with Gasteiger partial charge < -0.3 is 9.47 Å². The van der Waals surface area contributed by atoms with E-state index in [0.717, 1.165) is 72.9 Å². The number of hydrogen-bond donors (Lipinski definition) is 1. The highest BCUT2D eigenvalue weighted by Crippen LogP contribution is 2.26. The van der Waals surface area contributed by atoms with Gasteiger partial charge in [0.1, 0.15) is 11.5 Å². The first-order valence-electron chi connectivity index (χ1n) is 9.82. The van der Waals surface area contributed by atoms with Crippen molar-refractivity contribution in [3.05, 3.63) is 54.6 Å². The number of unbranched alkanes of at least 4 members (excludes halogenated alkanes) is 2. The molecule has 1 N–H and O–H groups in total. The maximum absolute atomic E-state index is 5.72. The summed E-state index contributed by atoms with van der Waals surface area (Å²) in [6, 6.07) is 18.3. The molecule has 0 aliphatic heterocycles. The number of nitrogens with one attached hydrogen (secondary N) is 1. The van der Waals surface area contributed by atoms with Crippen LogP contribution in [0.1, 0.15) is 39.5 Å². The van der Waals surface area contributed by atoms with E-state index in [2.05, 4.69) is 42.2 Å². The van der Waals surface area contributed by atoms with E-state index in [4.69, 9.17) is 9.47 Å². The Morgan fingerprint density at radius 2 is 1.26 bits per heavy atom. The van der Waals surface area contributed by atoms with Crippen LogP contribution in [0.15, 0.2) is 54.6 Å². The van der Waals surface area contributed by atoms with Crippen LogP contribution in [-0.2, 0) is 0 Å². The van der Waals surface area contributed by atoms with Gasteiger partial charge in [0.25, 0.3) is 0 Å². The fraction of sp³-hybridized carbons (Fsp3) is 0.348. The summed E-state index contributed by atoms with van der Waals surface area (Å²) < 4.78 is 11.4. The minimum absolute atomic E-state index is 0.764. The molecule has 0 bridgehead atoms. The lowest BCUT2D eigenvalue weighted by molar-refractivity contribution is 0.309. The lowest BCUT2D eigenvalue weighted by Gasteiger charge is -2.06. The first-order valence-corrected chi connectivity index (χ1v) is 9.82. The van der Waals surface area contributed by atoms with Crippen LogP contribution in [0.3, 0.4) is 0 Å². The second kappa shape index (κ2) is 9.81. The average molecular weight is 364 g/mol. The molecule has 142 valence electrons. The van der Waals surface area contributed by atoms with Gasteiger partial charge in [0.15, 0.2) is 0 Å². The van der Waals surface area contributed by atoms with Crippen LogP contribution in [-0.4, -0.2) is 23.4 Å². The van der Waals surface area contributed by atoms with Gasteiger partial charge in [-0.1, -0.05) is 26.7 Å². The number of aromatic nitrogens is 2. The van der Waals surface area contributed by atoms with Crippen molar-refractivity contribution in [1.29, 1.82) is 0 Å². The van der Waals surface area contributed by atoms with E-state index in [9.17, 15) is 0 Å². The van der Waals surface area contributed by atoms with Crippen molar-refractivity contribution in [3.63, 3.8) is 0 Å². The van der Waals surface area contributed by atoms with E-state index in [-0.39, 0.29) is 0 Å². The second-order valence-corrected chi connectivity index (χ2v) is 6.62. The number of hydrogen-bond acceptors (Lipinski definition) is 3. The SMILES string of the molecule is CCCCOc1ccc(-c2cc(-c3ccc(OCCCC)cc3)[nH]n2)cc1. The molecular weight excluding hydrogens is 336 g/mol. The van der Waals surface area contributed by atoms with Gasteiger partial charge in [0.05, 0.1) is 24.6 Å². The molecule has 0 aliphatic carbocycles. The maximum Gasteiger partial charge on any atom is 0.119 e. The highest BCUT2D eigenvalue weighted by atomic mass is 16.5. The van der Waals surface area contributed by atoms with Crippen LogP contribution >= 0.6 is 0 Å². The molecule has 3 aromatic rings. The molecule has 0 aliphatic rings. The van der Waals surface area contributed by atoms with Crippen molar-refractivity contribution in [2.75, 3.05) is 13.2 Å². The van der Waals surface area contributed by atoms with Crippen molar-refractivity contribution in [3.8, 4) is 34.0 Å². The van der Waals surface area contributed by atoms with Gasteiger partial charge in [-0.05, 0) is 73.0 Å². The fourth-order valence-corrected chi connectivity index (χ4v) is 2.74. The van der Waals surface area contributed by atoms with E-state index >= 15 is 0 Å². The molecule has 0 atom stereocenters. The Labute approximate surface area is 161 Å². The molecule has 4 heteroatoms. The van der Waals surface area contributed by atoms with E-state index in [1.165, 1.54) is 0 Å². The Kier molecular flexibility index (Phi) is 6.91. The molecule has 3 rings (SSSR count). The van der Waals surface area contributed by atoms with E-state index < -0.39 is 0 Å². The van der Waals surface area contributed by atoms with Gasteiger partial charge in [-0.25, -0.2) is 0 Å². The molecule has 0 radical (unpaired) electrons. The van der Waals surface area contributed by atoms with Gasteiger partial charge >= 0.3 is 0 Å². The smallest absolute Gasteiger partial charge is 0.119 e. The van der Waals surface area contributed by atoms with Crippen molar-refractivity contribution in [1.82, 2.24) is 10.2 Å². The monoisotopic (exact) mass is 364 g/mol. The number of benzene rings is 2. The normalized spacial score (nSPS) is 10.7. The highest BCUT2D eigenvalue weighted by molar-refractivity contribution is 5.68. The summed E-state index contributed by atoms with van der Waals surface area (Å²) in [7, 11) is 0. The minimum atomic E-state index is 0.764. The van der Waals surface area contributed by atoms with Crippen LogP contribution in [0.5, 0.6) is 11.5 Å². The fourth-order valence-electron chi connectivity index (χ4n) is 2.74. The van der Waals surface area contributed by atoms with E-state index in [0.29, 0.717) is 0 Å². The van der Waals surface area contributed by atoms with Crippen LogP contribution in [0.4, 0.5) is 0 Å². The van der Waals surface area contributed by atoms with Crippen molar-refractivity contribution >= 4 is 0 Å². The van der Waals surface area contributed by atoms with Gasteiger partial charge in [0.2, 0.25) is 0 Å². The third kappa shape index (κ3) is 5.36. The van der Waals surface area contributed by atoms with Crippen LogP contribution in [0.2, 0.25) is 0 Å². The van der Waals surface area contributed by atoms with Crippen molar-refractivity contribution in [2.24, 2.45) is 0 Å². The Balaban J connectivity index is 1.64. The largest absolute Gasteiger partial charge is 0.494 e. The Morgan fingerprint density at radius 1 is 0.741 bits per heavy atom. The highest BCUT2D eigenvalue weighted by Gasteiger charge is 2.07. The number of H-pyrrole nitrogens is 1. The summed E-state index contributed by atoms with van der Waals surface area (Å²) in [5, 5.41) is 7.58. The molecule has 0 saturated heterocycles. The lowest BCUT2D eigenvalue weighted by atomic mass is 10.1. The zero-order chi connectivity index (χ0) is 18.9. The molecule has 27 heavy (non-hydrogen) atoms. The third-order valence-electron chi connectivity index (χ3n) is 4.43. The molecule has 1 heterocycles. The Bertz CT molecular complexity index is 739. The van der Waals surface area contributed by atoms with Gasteiger partial charge in [-0.15, -0.1) is 0 Å². The standard InChI is InChI=1S/C23H28N2O2/c1-3-5-15-26-20-11-7-18(8-12-20)22-17-23(25-24-22)19-9-13-21(14-10-19)27-16-6-4-2/h7-14,17H,3-6,15-16H2,1-2H3,(H,24,25). The summed E-state index contributed by atoms with van der Waals surface area (Å²) in [6.45, 7) is 5.85. The first kappa shape index (κ1) is 19.0. The summed E-state index contributed by atoms with van der Waals surface area (Å²) in [6.07, 6.45) is 4.43. The molecule has 2 aromatic carbocycles. The van der Waals surface area contributed by atoms with Crippen LogP contribution in [0.25, 0.3) is 22.5 Å². The number of aromatic amines is 1. The van der Waals surface area contributed by atoms with Crippen molar-refractivity contribution in [2.45, 2.75) is 39.5 Å². The Hall–Kier alpha value is -2.75. The number of rotatable bonds is 10. The summed E-state index contributed by atoms with van der Waals surface area (Å²) in [5.41, 5.74) is 4.08. The minimum Gasteiger partial charge on any atom is -0.494 e. The summed E-state index contributed by atoms with van der Waals surface area (Å²) >= 11 is 0. The van der Waals surface area contributed by atoms with Crippen LogP contribution < -0.4 is 9.47 Å². The molecule has 1 aromatic heterocycles. The van der Waals surface area contributed by atoms with Crippen LogP contribution in [0, 0.1) is 0 Å². The topological polar surface area (TPSA) is 47.1 Å². The quantitative estimate of drug-likeness (QED) is 0.442. The Morgan fingerprint density at radius 3 is 1.78 bits per heavy atom. The zero-order valence-corrected chi connectivity index (χ0v) is 16.2. The van der Waals surface area contributed by atoms with Gasteiger partial charge in [0, 0.05) is 5.56 Å². The van der Waals surface area contributed by atoms with Crippen molar-refractivity contribution < 1.29 is 9.47 Å². The average Bonchev–Trinajstić information content (AvgIpc) is 3.20. The number of nitrogens with zero attached hydrogens (tertiary/aromatic N) is 1. The maximum atomic E-state index is 5.72. The molecular formula is C23H28N2O2. The first-order chi connectivity index (χ1) is 13.3.